The van der Waals surface area contributed by atoms with Crippen LogP contribution in [0.1, 0.15) is 29.6 Å². The van der Waals surface area contributed by atoms with Crippen molar-refractivity contribution in [2.75, 3.05) is 26.2 Å². The average Bonchev–Trinajstić information content (AvgIpc) is 3.09. The minimum absolute atomic E-state index is 0.0499. The van der Waals surface area contributed by atoms with Gasteiger partial charge >= 0.3 is 6.03 Å². The first kappa shape index (κ1) is 15.4. The number of piperidine rings is 1. The Hall–Kier alpha value is -2.08. The Kier molecular flexibility index (Phi) is 4.14. The van der Waals surface area contributed by atoms with E-state index in [2.05, 4.69) is 11.4 Å². The molecule has 0 unspecified atom stereocenters. The number of amides is 3. The third-order valence-corrected chi connectivity index (χ3v) is 5.90. The van der Waals surface area contributed by atoms with Gasteiger partial charge in [-0.05, 0) is 54.3 Å². The second-order valence-electron chi connectivity index (χ2n) is 6.48. The lowest BCUT2D eigenvalue weighted by Crippen LogP contribution is -2.54. The lowest BCUT2D eigenvalue weighted by Gasteiger charge is -2.40. The van der Waals surface area contributed by atoms with Gasteiger partial charge in [0.1, 0.15) is 0 Å². The fourth-order valence-corrected chi connectivity index (χ4v) is 4.43. The van der Waals surface area contributed by atoms with Gasteiger partial charge in [-0.2, -0.15) is 0 Å². The maximum Gasteiger partial charge on any atom is 0.317 e. The van der Waals surface area contributed by atoms with Crippen molar-refractivity contribution in [3.63, 3.8) is 0 Å². The second kappa shape index (κ2) is 6.43. The van der Waals surface area contributed by atoms with Gasteiger partial charge in [-0.25, -0.2) is 4.79 Å². The van der Waals surface area contributed by atoms with E-state index in [4.69, 9.17) is 0 Å². The summed E-state index contributed by atoms with van der Waals surface area (Å²) in [4.78, 5) is 28.6. The van der Waals surface area contributed by atoms with Crippen molar-refractivity contribution in [1.29, 1.82) is 0 Å². The van der Waals surface area contributed by atoms with E-state index in [-0.39, 0.29) is 18.0 Å². The minimum atomic E-state index is 0.0499. The highest BCUT2D eigenvalue weighted by Crippen LogP contribution is 2.24. The maximum absolute atomic E-state index is 12.7. The minimum Gasteiger partial charge on any atom is -0.338 e. The van der Waals surface area contributed by atoms with E-state index in [0.29, 0.717) is 0 Å². The first-order valence-electron chi connectivity index (χ1n) is 8.53. The summed E-state index contributed by atoms with van der Waals surface area (Å²) in [6.07, 6.45) is 2.73. The van der Waals surface area contributed by atoms with E-state index in [1.807, 2.05) is 33.4 Å². The van der Waals surface area contributed by atoms with Crippen LogP contribution in [0.3, 0.4) is 0 Å². The van der Waals surface area contributed by atoms with Gasteiger partial charge in [0.2, 0.25) is 0 Å². The van der Waals surface area contributed by atoms with Gasteiger partial charge in [0.05, 0.1) is 0 Å². The molecular weight excluding hydrogens is 322 g/mol. The summed E-state index contributed by atoms with van der Waals surface area (Å²) < 4.78 is 1.21. The Morgan fingerprint density at radius 2 is 2.00 bits per heavy atom. The number of carbonyl (C=O) groups excluding carboxylic acids is 2. The summed E-state index contributed by atoms with van der Waals surface area (Å²) in [5, 5.41) is 6.09. The van der Waals surface area contributed by atoms with Gasteiger partial charge in [-0.3, -0.25) is 4.79 Å². The SMILES string of the molecule is O=C(c1ccc2sccc2c1)N1CCC(N2CCCNC2=O)CC1. The van der Waals surface area contributed by atoms with Crippen molar-refractivity contribution in [3.8, 4) is 0 Å². The number of rotatable bonds is 2. The van der Waals surface area contributed by atoms with Crippen LogP contribution >= 0.6 is 11.3 Å². The molecule has 24 heavy (non-hydrogen) atoms. The topological polar surface area (TPSA) is 52.7 Å². The third-order valence-electron chi connectivity index (χ3n) is 5.00. The molecule has 1 aromatic carbocycles. The number of benzene rings is 1. The molecule has 2 aliphatic rings. The Bertz CT molecular complexity index is 764. The molecule has 2 fully saturated rings. The fourth-order valence-electron chi connectivity index (χ4n) is 3.66. The fraction of sp³-hybridized carbons (Fsp3) is 0.444. The highest BCUT2D eigenvalue weighted by atomic mass is 32.1. The standard InChI is InChI=1S/C18H21N3O2S/c22-17(14-2-3-16-13(12-14)6-11-24-16)20-9-4-15(5-10-20)21-8-1-7-19-18(21)23/h2-3,6,11-12,15H,1,4-5,7-10H2,(H,19,23). The number of fused-ring (bicyclic) bond motifs is 1. The molecule has 4 rings (SSSR count). The van der Waals surface area contributed by atoms with Gasteiger partial charge < -0.3 is 15.1 Å². The monoisotopic (exact) mass is 343 g/mol. The van der Waals surface area contributed by atoms with Crippen LogP contribution in [0.4, 0.5) is 4.79 Å². The van der Waals surface area contributed by atoms with Crippen LogP contribution < -0.4 is 5.32 Å². The molecule has 3 amide bonds. The lowest BCUT2D eigenvalue weighted by atomic mass is 10.0. The van der Waals surface area contributed by atoms with E-state index in [1.165, 1.54) is 4.70 Å². The molecule has 2 aliphatic heterocycles. The van der Waals surface area contributed by atoms with Gasteiger partial charge in [0, 0.05) is 42.5 Å². The number of urea groups is 1. The molecule has 0 spiro atoms. The van der Waals surface area contributed by atoms with Crippen LogP contribution in [0, 0.1) is 0 Å². The number of carbonyl (C=O) groups is 2. The summed E-state index contributed by atoms with van der Waals surface area (Å²) in [6, 6.07) is 8.29. The molecule has 2 aromatic rings. The van der Waals surface area contributed by atoms with Crippen LogP contribution in [0.2, 0.25) is 0 Å². The molecule has 5 nitrogen and oxygen atoms in total. The molecule has 0 aliphatic carbocycles. The predicted octanol–water partition coefficient (Wildman–Crippen LogP) is 2.92. The molecule has 3 heterocycles. The molecule has 6 heteroatoms. The van der Waals surface area contributed by atoms with Gasteiger partial charge in [0.25, 0.3) is 5.91 Å². The lowest BCUT2D eigenvalue weighted by molar-refractivity contribution is 0.0643. The first-order chi connectivity index (χ1) is 11.7. The van der Waals surface area contributed by atoms with Crippen molar-refractivity contribution in [2.45, 2.75) is 25.3 Å². The average molecular weight is 343 g/mol. The molecule has 126 valence electrons. The largest absolute Gasteiger partial charge is 0.338 e. The molecule has 0 bridgehead atoms. The van der Waals surface area contributed by atoms with E-state index in [1.54, 1.807) is 11.3 Å². The zero-order valence-corrected chi connectivity index (χ0v) is 14.3. The number of nitrogens with one attached hydrogen (secondary N) is 1. The Balaban J connectivity index is 1.41. The Labute approximate surface area is 145 Å². The summed E-state index contributed by atoms with van der Waals surface area (Å²) in [5.41, 5.74) is 0.759. The summed E-state index contributed by atoms with van der Waals surface area (Å²) in [5.74, 6) is 0.102. The van der Waals surface area contributed by atoms with Crippen molar-refractivity contribution < 1.29 is 9.59 Å². The molecule has 0 atom stereocenters. The highest BCUT2D eigenvalue weighted by Gasteiger charge is 2.31. The third kappa shape index (κ3) is 2.86. The normalized spacial score (nSPS) is 19.6. The quantitative estimate of drug-likeness (QED) is 0.911. The molecule has 0 saturated carbocycles. The second-order valence-corrected chi connectivity index (χ2v) is 7.42. The highest BCUT2D eigenvalue weighted by molar-refractivity contribution is 7.17. The zero-order valence-electron chi connectivity index (χ0n) is 13.5. The van der Waals surface area contributed by atoms with Crippen molar-refractivity contribution >= 4 is 33.4 Å². The van der Waals surface area contributed by atoms with Gasteiger partial charge in [0.15, 0.2) is 0 Å². The van der Waals surface area contributed by atoms with Gasteiger partial charge in [-0.1, -0.05) is 0 Å². The van der Waals surface area contributed by atoms with E-state index >= 15 is 0 Å². The number of likely N-dealkylation sites (tertiary alicyclic amines) is 1. The Morgan fingerprint density at radius 3 is 2.79 bits per heavy atom. The molecule has 1 N–H and O–H groups in total. The molecule has 1 aromatic heterocycles. The van der Waals surface area contributed by atoms with Gasteiger partial charge in [-0.15, -0.1) is 11.3 Å². The number of hydrogen-bond acceptors (Lipinski definition) is 3. The van der Waals surface area contributed by atoms with E-state index in [0.717, 1.165) is 56.4 Å². The van der Waals surface area contributed by atoms with Crippen LogP contribution in [-0.4, -0.2) is 54.0 Å². The Morgan fingerprint density at radius 1 is 1.17 bits per heavy atom. The van der Waals surface area contributed by atoms with Crippen LogP contribution in [0.15, 0.2) is 29.6 Å². The zero-order chi connectivity index (χ0) is 16.5. The summed E-state index contributed by atoms with van der Waals surface area (Å²) in [7, 11) is 0. The summed E-state index contributed by atoms with van der Waals surface area (Å²) in [6.45, 7) is 3.04. The van der Waals surface area contributed by atoms with Crippen LogP contribution in [-0.2, 0) is 0 Å². The van der Waals surface area contributed by atoms with E-state index < -0.39 is 0 Å². The maximum atomic E-state index is 12.7. The first-order valence-corrected chi connectivity index (χ1v) is 9.41. The molecular formula is C18H21N3O2S. The number of thiophene rings is 1. The van der Waals surface area contributed by atoms with Crippen molar-refractivity contribution in [2.24, 2.45) is 0 Å². The number of nitrogens with zero attached hydrogens (tertiary/aromatic N) is 2. The predicted molar refractivity (Wildman–Crippen MR) is 95.5 cm³/mol. The number of hydrogen-bond donors (Lipinski definition) is 1. The van der Waals surface area contributed by atoms with Crippen molar-refractivity contribution in [3.05, 3.63) is 35.2 Å². The summed E-state index contributed by atoms with van der Waals surface area (Å²) >= 11 is 1.69. The van der Waals surface area contributed by atoms with Crippen LogP contribution in [0.25, 0.3) is 10.1 Å². The molecule has 0 radical (unpaired) electrons. The van der Waals surface area contributed by atoms with Crippen LogP contribution in [0.5, 0.6) is 0 Å². The smallest absolute Gasteiger partial charge is 0.317 e. The molecule has 2 saturated heterocycles. The van der Waals surface area contributed by atoms with E-state index in [9.17, 15) is 9.59 Å². The van der Waals surface area contributed by atoms with Crippen molar-refractivity contribution in [1.82, 2.24) is 15.1 Å².